The molecule has 4 saturated carbocycles. The van der Waals surface area contributed by atoms with Gasteiger partial charge in [0.1, 0.15) is 0 Å². The van der Waals surface area contributed by atoms with Gasteiger partial charge in [-0.15, -0.1) is 0 Å². The molecule has 0 saturated heterocycles. The molecule has 0 amide bonds. The molecule has 9 heavy (non-hydrogen) atoms. The first-order valence-electron chi connectivity index (χ1n) is 3.63. The zero-order valence-corrected chi connectivity index (χ0v) is 6.76. The van der Waals surface area contributed by atoms with Crippen molar-refractivity contribution in [2.24, 2.45) is 23.7 Å². The maximum atomic E-state index is 4.12. The SMILES string of the molecule is C=C1[C@H]2[C@H]3C[C@@H]1C(Br)[C@H]32. The van der Waals surface area contributed by atoms with Gasteiger partial charge in [0.25, 0.3) is 0 Å². The molecule has 0 aromatic carbocycles. The Morgan fingerprint density at radius 1 is 1.56 bits per heavy atom. The molecule has 4 aliphatic carbocycles. The van der Waals surface area contributed by atoms with Crippen molar-refractivity contribution in [2.45, 2.75) is 11.2 Å². The first-order chi connectivity index (χ1) is 4.30. The van der Waals surface area contributed by atoms with Gasteiger partial charge >= 0.3 is 0 Å². The average Bonchev–Trinajstić information content (AvgIpc) is 2.18. The molecule has 48 valence electrons. The third-order valence-corrected chi connectivity index (χ3v) is 4.66. The van der Waals surface area contributed by atoms with E-state index < -0.39 is 0 Å². The lowest BCUT2D eigenvalue weighted by molar-refractivity contribution is 0.692. The molecule has 1 heteroatoms. The second-order valence-electron chi connectivity index (χ2n) is 3.63. The highest BCUT2D eigenvalue weighted by Crippen LogP contribution is 2.74. The van der Waals surface area contributed by atoms with Crippen LogP contribution >= 0.6 is 15.9 Å². The van der Waals surface area contributed by atoms with E-state index in [0.29, 0.717) is 0 Å². The molecule has 5 atom stereocenters. The van der Waals surface area contributed by atoms with E-state index in [4.69, 9.17) is 0 Å². The minimum absolute atomic E-state index is 0.819. The third kappa shape index (κ3) is 0.348. The van der Waals surface area contributed by atoms with Crippen molar-refractivity contribution < 1.29 is 0 Å². The molecule has 0 nitrogen and oxygen atoms in total. The van der Waals surface area contributed by atoms with Gasteiger partial charge in [-0.25, -0.2) is 0 Å². The second-order valence-corrected chi connectivity index (χ2v) is 4.69. The zero-order valence-electron chi connectivity index (χ0n) is 5.18. The van der Waals surface area contributed by atoms with Crippen LogP contribution in [0.1, 0.15) is 6.42 Å². The third-order valence-electron chi connectivity index (χ3n) is 3.41. The van der Waals surface area contributed by atoms with E-state index in [-0.39, 0.29) is 0 Å². The minimum Gasteiger partial charge on any atom is -0.0992 e. The summed E-state index contributed by atoms with van der Waals surface area (Å²) in [6, 6.07) is 0. The van der Waals surface area contributed by atoms with Gasteiger partial charge in [-0.1, -0.05) is 28.1 Å². The van der Waals surface area contributed by atoms with Crippen LogP contribution in [0.15, 0.2) is 12.2 Å². The van der Waals surface area contributed by atoms with Crippen LogP contribution in [0.3, 0.4) is 0 Å². The van der Waals surface area contributed by atoms with E-state index in [2.05, 4.69) is 22.5 Å². The normalized spacial score (nSPS) is 67.2. The smallest absolute Gasteiger partial charge is 0.0248 e. The molecule has 0 N–H and O–H groups in total. The van der Waals surface area contributed by atoms with Crippen LogP contribution in [0, 0.1) is 23.7 Å². The highest BCUT2D eigenvalue weighted by molar-refractivity contribution is 9.09. The van der Waals surface area contributed by atoms with Gasteiger partial charge in [0.05, 0.1) is 0 Å². The minimum atomic E-state index is 0.819. The maximum absolute atomic E-state index is 4.12. The fraction of sp³-hybridized carbons (Fsp3) is 0.750. The second kappa shape index (κ2) is 1.16. The van der Waals surface area contributed by atoms with Gasteiger partial charge < -0.3 is 0 Å². The molecule has 0 spiro atoms. The fourth-order valence-corrected chi connectivity index (χ4v) is 4.23. The molecule has 0 radical (unpaired) electrons. The molecular weight excluding hydrogens is 176 g/mol. The Hall–Kier alpha value is 0.220. The fourth-order valence-electron chi connectivity index (χ4n) is 2.96. The summed E-state index contributed by atoms with van der Waals surface area (Å²) in [6.45, 7) is 4.12. The molecule has 1 unspecified atom stereocenters. The van der Waals surface area contributed by atoms with E-state index in [1.165, 1.54) is 6.42 Å². The van der Waals surface area contributed by atoms with Gasteiger partial charge in [0.15, 0.2) is 0 Å². The van der Waals surface area contributed by atoms with Crippen LogP contribution in [-0.4, -0.2) is 4.83 Å². The molecule has 0 aromatic rings. The van der Waals surface area contributed by atoms with Gasteiger partial charge in [0, 0.05) is 4.83 Å². The van der Waals surface area contributed by atoms with E-state index >= 15 is 0 Å². The Morgan fingerprint density at radius 2 is 2.33 bits per heavy atom. The number of alkyl halides is 1. The monoisotopic (exact) mass is 184 g/mol. The van der Waals surface area contributed by atoms with Crippen molar-refractivity contribution in [3.63, 3.8) is 0 Å². The molecule has 4 rings (SSSR count). The van der Waals surface area contributed by atoms with E-state index in [1.807, 2.05) is 0 Å². The lowest BCUT2D eigenvalue weighted by Crippen LogP contribution is -2.02. The van der Waals surface area contributed by atoms with Gasteiger partial charge in [-0.3, -0.25) is 0 Å². The summed E-state index contributed by atoms with van der Waals surface area (Å²) < 4.78 is 0. The van der Waals surface area contributed by atoms with Crippen molar-refractivity contribution in [3.05, 3.63) is 12.2 Å². The Balaban J connectivity index is 2.16. The average molecular weight is 185 g/mol. The molecule has 0 heterocycles. The van der Waals surface area contributed by atoms with Crippen LogP contribution in [-0.2, 0) is 0 Å². The van der Waals surface area contributed by atoms with Crippen molar-refractivity contribution in [3.8, 4) is 0 Å². The van der Waals surface area contributed by atoms with Crippen LogP contribution in [0.5, 0.6) is 0 Å². The number of hydrogen-bond acceptors (Lipinski definition) is 0. The summed E-state index contributed by atoms with van der Waals surface area (Å²) in [4.78, 5) is 0.819. The highest BCUT2D eigenvalue weighted by atomic mass is 79.9. The maximum Gasteiger partial charge on any atom is 0.0248 e. The molecule has 4 bridgehead atoms. The van der Waals surface area contributed by atoms with Gasteiger partial charge in [-0.2, -0.15) is 0 Å². The number of halogens is 1. The van der Waals surface area contributed by atoms with Crippen molar-refractivity contribution in [1.82, 2.24) is 0 Å². The number of rotatable bonds is 0. The Bertz CT molecular complexity index is 197. The Morgan fingerprint density at radius 3 is 2.44 bits per heavy atom. The van der Waals surface area contributed by atoms with Gasteiger partial charge in [0.2, 0.25) is 0 Å². The van der Waals surface area contributed by atoms with E-state index in [1.54, 1.807) is 5.57 Å². The van der Waals surface area contributed by atoms with E-state index in [0.717, 1.165) is 28.5 Å². The first-order valence-corrected chi connectivity index (χ1v) is 4.55. The van der Waals surface area contributed by atoms with Crippen molar-refractivity contribution in [2.75, 3.05) is 0 Å². The molecule has 0 aromatic heterocycles. The Kier molecular flexibility index (Phi) is 0.638. The summed E-state index contributed by atoms with van der Waals surface area (Å²) in [5.41, 5.74) is 1.56. The quantitative estimate of drug-likeness (QED) is 0.401. The van der Waals surface area contributed by atoms with Crippen molar-refractivity contribution in [1.29, 1.82) is 0 Å². The summed E-state index contributed by atoms with van der Waals surface area (Å²) in [5, 5.41) is 0. The standard InChI is InChI=1S/C8H9Br/c1-3-4-2-5-6(3)7(5)8(4)9/h4-8H,1-2H2/t4-,5+,6-,7+,8?/m0/s1. The molecule has 0 aliphatic heterocycles. The summed E-state index contributed by atoms with van der Waals surface area (Å²) in [5.74, 6) is 3.90. The largest absolute Gasteiger partial charge is 0.0992 e. The first kappa shape index (κ1) is 4.95. The number of allylic oxidation sites excluding steroid dienone is 1. The van der Waals surface area contributed by atoms with Crippen LogP contribution in [0.4, 0.5) is 0 Å². The summed E-state index contributed by atoms with van der Waals surface area (Å²) in [7, 11) is 0. The zero-order chi connectivity index (χ0) is 6.17. The van der Waals surface area contributed by atoms with Crippen LogP contribution < -0.4 is 0 Å². The lowest BCUT2D eigenvalue weighted by atomic mass is 10.1. The summed E-state index contributed by atoms with van der Waals surface area (Å²) in [6.07, 6.45) is 1.45. The predicted octanol–water partition coefficient (Wildman–Crippen LogP) is 2.20. The summed E-state index contributed by atoms with van der Waals surface area (Å²) >= 11 is 3.73. The van der Waals surface area contributed by atoms with Gasteiger partial charge in [-0.05, 0) is 30.1 Å². The predicted molar refractivity (Wildman–Crippen MR) is 40.4 cm³/mol. The molecule has 4 fully saturated rings. The topological polar surface area (TPSA) is 0 Å². The van der Waals surface area contributed by atoms with Crippen LogP contribution in [0.25, 0.3) is 0 Å². The lowest BCUT2D eigenvalue weighted by Gasteiger charge is -2.04. The molecule has 4 aliphatic rings. The van der Waals surface area contributed by atoms with Crippen molar-refractivity contribution >= 4 is 15.9 Å². The van der Waals surface area contributed by atoms with Crippen LogP contribution in [0.2, 0.25) is 0 Å². The number of hydrogen-bond donors (Lipinski definition) is 0. The van der Waals surface area contributed by atoms with E-state index in [9.17, 15) is 0 Å². The highest BCUT2D eigenvalue weighted by Gasteiger charge is 2.69. The Labute approximate surface area is 63.5 Å². The molecular formula is C8H9Br.